The number of nitrogens with one attached hydrogen (secondary N) is 4. The number of hydrogen-bond donors (Lipinski definition) is 5. The first-order valence-electron chi connectivity index (χ1n) is 30.8. The van der Waals surface area contributed by atoms with E-state index in [4.69, 9.17) is 28.0 Å². The van der Waals surface area contributed by atoms with Gasteiger partial charge < -0.3 is 45.1 Å². The molecule has 2 fully saturated rings. The van der Waals surface area contributed by atoms with E-state index in [1.165, 1.54) is 72.0 Å². The van der Waals surface area contributed by atoms with Crippen molar-refractivity contribution in [2.24, 2.45) is 10.8 Å². The lowest BCUT2D eigenvalue weighted by atomic mass is 9.84. The zero-order valence-corrected chi connectivity index (χ0v) is 56.4. The summed E-state index contributed by atoms with van der Waals surface area (Å²) in [5.74, 6) is -2.60. The number of phosphoric acid groups is 1. The van der Waals surface area contributed by atoms with Crippen LogP contribution in [0.4, 0.5) is 50.8 Å². The maximum absolute atomic E-state index is 14.1. The van der Waals surface area contributed by atoms with Crippen LogP contribution in [0.5, 0.6) is 23.0 Å². The molecule has 95 heavy (non-hydrogen) atoms. The van der Waals surface area contributed by atoms with Crippen molar-refractivity contribution in [2.45, 2.75) is 66.5 Å². The molecule has 2 aliphatic heterocycles. The Balaban J connectivity index is 0.645. The molecule has 508 valence electrons. The summed E-state index contributed by atoms with van der Waals surface area (Å²) in [5, 5.41) is 13.4. The van der Waals surface area contributed by atoms with Gasteiger partial charge in [-0.15, -0.1) is 22.7 Å². The zero-order chi connectivity index (χ0) is 67.6. The summed E-state index contributed by atoms with van der Waals surface area (Å²) in [7, 11) is -1.29. The van der Waals surface area contributed by atoms with Crippen LogP contribution in [0, 0.1) is 34.1 Å². The minimum Gasteiger partial charge on any atom is -0.493 e. The van der Waals surface area contributed by atoms with Gasteiger partial charge in [-0.1, -0.05) is 53.7 Å². The maximum atomic E-state index is 14.1. The SMILES string of the molecule is COc1cc2c(Nc3ncc(CC(=O)Nc4cccc(F)c4F)s3)ncnc2cc1OCCN1CCN(CCOP(=O)(O)OCCN2CCN(CCOc3cc4ncnc(Nc5ncc(CC(=O)Nc6cccc(F)c6F)s5)c4cc3OC)CC2C(C)(C)C)C(C(C)(C)C)C1. The number of ether oxygens (including phenoxy) is 4. The van der Waals surface area contributed by atoms with E-state index in [2.05, 4.69) is 112 Å². The van der Waals surface area contributed by atoms with E-state index in [0.29, 0.717) is 129 Å². The van der Waals surface area contributed by atoms with Crippen LogP contribution in [0.25, 0.3) is 21.8 Å². The number of amides is 2. The quantitative estimate of drug-likeness (QED) is 0.0225. The number of carbonyl (C=O) groups is 2. The highest BCUT2D eigenvalue weighted by Crippen LogP contribution is 2.44. The molecule has 8 aromatic rings. The average Bonchev–Trinajstić information content (AvgIpc) is 1.43. The molecular weight excluding hydrogens is 1300 g/mol. The lowest BCUT2D eigenvalue weighted by Crippen LogP contribution is -2.59. The number of nitrogens with zero attached hydrogens (tertiary/aromatic N) is 10. The standard InChI is InChI=1S/C64H77F4N14O10PS2/c1-63(2,3)53-35-79(19-23-89-51-31-47-41(29-49(51)87-7)59(73-37-71-47)77-61-69-33-39(94-61)27-55(83)75-45-13-9-11-43(65)57(45)67)15-17-81(53)21-25-91-93(85,86)92-26-22-82-18-16-80(36-54(82)64(4,5)6)20-24-90-52-32-48-42(30-50(52)88-8)60(74-38-72-48)78-62-70-34-40(95-62)28-56(84)76-46-14-10-12-44(66)58(46)68/h9-14,29-34,37-38,53-54H,15-28,35-36H2,1-8H3,(H,75,83)(H,76,84)(H,85,86)(H,69,71,73,77)(H,70,72,74,78). The summed E-state index contributed by atoms with van der Waals surface area (Å²) in [6.07, 6.45) is 5.67. The van der Waals surface area contributed by atoms with E-state index < -0.39 is 42.9 Å². The van der Waals surface area contributed by atoms with Crippen molar-refractivity contribution in [1.29, 1.82) is 0 Å². The molecule has 0 bridgehead atoms. The number of carbonyl (C=O) groups excluding carboxylic acids is 2. The van der Waals surface area contributed by atoms with Gasteiger partial charge in [-0.25, -0.2) is 52.0 Å². The minimum absolute atomic E-state index is 0.00697. The van der Waals surface area contributed by atoms with Crippen molar-refractivity contribution in [3.05, 3.63) is 119 Å². The summed E-state index contributed by atoms with van der Waals surface area (Å²) >= 11 is 2.42. The number of benzene rings is 4. The van der Waals surface area contributed by atoms with Gasteiger partial charge in [-0.3, -0.25) is 38.2 Å². The monoisotopic (exact) mass is 1370 g/mol. The molecular formula is C64H77F4N14O10PS2. The Morgan fingerprint density at radius 2 is 1.00 bits per heavy atom. The van der Waals surface area contributed by atoms with E-state index >= 15 is 0 Å². The van der Waals surface area contributed by atoms with E-state index in [1.54, 1.807) is 38.5 Å². The van der Waals surface area contributed by atoms with Gasteiger partial charge in [0.05, 0.1) is 62.7 Å². The van der Waals surface area contributed by atoms with Crippen LogP contribution in [0.2, 0.25) is 0 Å². The number of hydrogen-bond acceptors (Lipinski definition) is 23. The fourth-order valence-corrected chi connectivity index (χ4v) is 13.7. The molecule has 2 unspecified atom stereocenters. The number of methoxy groups -OCH3 is 2. The Kier molecular flexibility index (Phi) is 22.8. The summed E-state index contributed by atoms with van der Waals surface area (Å²) in [4.78, 5) is 73.2. The molecule has 2 atom stereocenters. The largest absolute Gasteiger partial charge is 0.493 e. The Bertz CT molecular complexity index is 3800. The molecule has 2 amide bonds. The molecule has 5 N–H and O–H groups in total. The zero-order valence-electron chi connectivity index (χ0n) is 53.9. The molecule has 0 radical (unpaired) electrons. The molecule has 24 nitrogen and oxygen atoms in total. The van der Waals surface area contributed by atoms with Gasteiger partial charge in [-0.05, 0) is 47.2 Å². The number of fused-ring (bicyclic) bond motifs is 2. The molecule has 10 rings (SSSR count). The van der Waals surface area contributed by atoms with E-state index in [9.17, 15) is 36.6 Å². The molecule has 2 aliphatic rings. The van der Waals surface area contributed by atoms with Gasteiger partial charge in [0, 0.05) is 123 Å². The molecule has 2 saturated heterocycles. The van der Waals surface area contributed by atoms with Gasteiger partial charge in [0.25, 0.3) is 0 Å². The highest BCUT2D eigenvalue weighted by Gasteiger charge is 2.38. The van der Waals surface area contributed by atoms with E-state index in [-0.39, 0.29) is 60.3 Å². The Morgan fingerprint density at radius 1 is 0.579 bits per heavy atom. The summed E-state index contributed by atoms with van der Waals surface area (Å²) in [6.45, 7) is 20.3. The second-order valence-electron chi connectivity index (χ2n) is 24.9. The lowest BCUT2D eigenvalue weighted by Gasteiger charge is -2.47. The second-order valence-corrected chi connectivity index (χ2v) is 28.6. The maximum Gasteiger partial charge on any atom is 0.472 e. The first-order valence-corrected chi connectivity index (χ1v) is 33.9. The minimum atomic E-state index is -4.39. The third-order valence-corrected chi connectivity index (χ3v) is 19.1. The van der Waals surface area contributed by atoms with Crippen LogP contribution in [-0.2, 0) is 36.0 Å². The Labute approximate surface area is 555 Å². The fourth-order valence-electron chi connectivity index (χ4n) is 11.4. The van der Waals surface area contributed by atoms with Gasteiger partial charge in [-0.2, -0.15) is 0 Å². The first-order chi connectivity index (χ1) is 45.4. The van der Waals surface area contributed by atoms with Crippen LogP contribution < -0.4 is 40.2 Å². The molecule has 0 saturated carbocycles. The van der Waals surface area contributed by atoms with Crippen molar-refractivity contribution in [2.75, 3.05) is 127 Å². The summed E-state index contributed by atoms with van der Waals surface area (Å²) in [5.41, 5.74) is 0.408. The van der Waals surface area contributed by atoms with Crippen molar-refractivity contribution >= 4 is 97.4 Å². The molecule has 31 heteroatoms. The lowest BCUT2D eigenvalue weighted by molar-refractivity contribution is -0.116. The Hall–Kier alpha value is -7.77. The number of halogens is 4. The highest BCUT2D eigenvalue weighted by molar-refractivity contribution is 7.47. The predicted octanol–water partition coefficient (Wildman–Crippen LogP) is 10.6. The van der Waals surface area contributed by atoms with Crippen molar-refractivity contribution in [1.82, 2.24) is 49.5 Å². The number of rotatable bonds is 28. The van der Waals surface area contributed by atoms with Crippen molar-refractivity contribution in [3.8, 4) is 23.0 Å². The van der Waals surface area contributed by atoms with Crippen LogP contribution in [0.3, 0.4) is 0 Å². The van der Waals surface area contributed by atoms with Crippen LogP contribution in [0.15, 0.2) is 85.7 Å². The summed E-state index contributed by atoms with van der Waals surface area (Å²) < 4.78 is 104. The van der Waals surface area contributed by atoms with E-state index in [0.717, 1.165) is 38.3 Å². The average molecular weight is 1370 g/mol. The van der Waals surface area contributed by atoms with Gasteiger partial charge in [0.2, 0.25) is 11.8 Å². The Morgan fingerprint density at radius 3 is 1.40 bits per heavy atom. The molecule has 6 heterocycles. The van der Waals surface area contributed by atoms with Crippen molar-refractivity contribution in [3.63, 3.8) is 0 Å². The molecule has 0 aliphatic carbocycles. The number of anilines is 6. The van der Waals surface area contributed by atoms with Crippen LogP contribution >= 0.6 is 30.5 Å². The molecule has 4 aromatic heterocycles. The molecule has 4 aromatic carbocycles. The second kappa shape index (κ2) is 31.0. The fraction of sp³-hybridized carbons (Fsp3) is 0.438. The van der Waals surface area contributed by atoms with E-state index in [1.807, 2.05) is 0 Å². The predicted molar refractivity (Wildman–Crippen MR) is 356 cm³/mol. The third kappa shape index (κ3) is 18.4. The number of piperazine rings is 2. The van der Waals surface area contributed by atoms with Crippen LogP contribution in [-0.4, -0.2) is 184 Å². The van der Waals surface area contributed by atoms with Gasteiger partial charge in [0.15, 0.2) is 56.5 Å². The highest BCUT2D eigenvalue weighted by atomic mass is 32.1. The van der Waals surface area contributed by atoms with Gasteiger partial charge in [0.1, 0.15) is 37.5 Å². The number of thiazole rings is 2. The smallest absolute Gasteiger partial charge is 0.472 e. The van der Waals surface area contributed by atoms with Crippen molar-refractivity contribution < 1.29 is 64.6 Å². The summed E-state index contributed by atoms with van der Waals surface area (Å²) in [6, 6.07) is 14.5. The topological polar surface area (TPSA) is 265 Å². The normalized spacial score (nSPS) is 16.8. The van der Waals surface area contributed by atoms with Crippen LogP contribution in [0.1, 0.15) is 51.3 Å². The number of phosphoric ester groups is 1. The third-order valence-electron chi connectivity index (χ3n) is 16.3. The number of aromatic nitrogens is 6. The first kappa shape index (κ1) is 70.0. The van der Waals surface area contributed by atoms with Gasteiger partial charge >= 0.3 is 7.82 Å². The molecule has 0 spiro atoms.